The van der Waals surface area contributed by atoms with Crippen LogP contribution < -0.4 is 5.32 Å². The fraction of sp³-hybridized carbons (Fsp3) is 0.480. The molecule has 0 radical (unpaired) electrons. The van der Waals surface area contributed by atoms with Crippen molar-refractivity contribution >= 4 is 50.9 Å². The van der Waals surface area contributed by atoms with E-state index in [1.54, 1.807) is 18.5 Å². The van der Waals surface area contributed by atoms with E-state index in [2.05, 4.69) is 15.3 Å². The second-order valence-electron chi connectivity index (χ2n) is 10.3. The Labute approximate surface area is 207 Å². The number of hydrogen-bond acceptors (Lipinski definition) is 6. The Morgan fingerprint density at radius 3 is 2.91 bits per heavy atom. The zero-order chi connectivity index (χ0) is 24.3. The zero-order valence-corrected chi connectivity index (χ0v) is 20.5. The van der Waals surface area contributed by atoms with Crippen LogP contribution in [0, 0.1) is 0 Å². The third-order valence-corrected chi connectivity index (χ3v) is 7.47. The molecule has 0 aliphatic carbocycles. The van der Waals surface area contributed by atoms with Gasteiger partial charge in [0.2, 0.25) is 11.8 Å². The molecule has 0 saturated carbocycles. The number of aromatic amines is 1. The van der Waals surface area contributed by atoms with Crippen LogP contribution in [0.5, 0.6) is 0 Å². The van der Waals surface area contributed by atoms with Crippen LogP contribution in [0.3, 0.4) is 0 Å². The molecule has 1 aromatic carbocycles. The van der Waals surface area contributed by atoms with Gasteiger partial charge in [-0.1, -0.05) is 11.6 Å². The molecule has 10 heteroatoms. The Morgan fingerprint density at radius 2 is 2.14 bits per heavy atom. The summed E-state index contributed by atoms with van der Waals surface area (Å²) in [6, 6.07) is 5.05. The number of fused-ring (bicyclic) bond motifs is 5. The molecule has 0 spiro atoms. The summed E-state index contributed by atoms with van der Waals surface area (Å²) < 4.78 is 11.6. The quantitative estimate of drug-likeness (QED) is 0.575. The molecule has 184 valence electrons. The summed E-state index contributed by atoms with van der Waals surface area (Å²) in [6.07, 6.45) is 4.51. The number of halogens is 1. The number of H-pyrrole nitrogens is 1. The maximum absolute atomic E-state index is 13.5. The molecule has 2 amide bonds. The van der Waals surface area contributed by atoms with Crippen LogP contribution in [0.2, 0.25) is 5.02 Å². The summed E-state index contributed by atoms with van der Waals surface area (Å²) >= 11 is 6.41. The number of carbonyl (C=O) groups is 2. The number of nitrogens with one attached hydrogen (secondary N) is 2. The van der Waals surface area contributed by atoms with Crippen molar-refractivity contribution in [1.82, 2.24) is 19.8 Å². The molecule has 6 rings (SSSR count). The largest absolute Gasteiger partial charge is 0.374 e. The normalized spacial score (nSPS) is 26.0. The van der Waals surface area contributed by atoms with Crippen molar-refractivity contribution in [3.05, 3.63) is 35.6 Å². The van der Waals surface area contributed by atoms with E-state index in [4.69, 9.17) is 21.1 Å². The van der Waals surface area contributed by atoms with E-state index in [-0.39, 0.29) is 37.1 Å². The van der Waals surface area contributed by atoms with Crippen LogP contribution in [0.15, 0.2) is 30.6 Å². The molecular formula is C25H28ClN5O4. The van der Waals surface area contributed by atoms with Crippen molar-refractivity contribution in [2.24, 2.45) is 0 Å². The van der Waals surface area contributed by atoms with Gasteiger partial charge in [-0.25, -0.2) is 0 Å². The molecule has 3 fully saturated rings. The number of ether oxygens (including phenoxy) is 2. The predicted octanol–water partition coefficient (Wildman–Crippen LogP) is 2.79. The highest BCUT2D eigenvalue weighted by atomic mass is 35.5. The number of anilines is 1. The van der Waals surface area contributed by atoms with E-state index in [9.17, 15) is 9.59 Å². The lowest BCUT2D eigenvalue weighted by Crippen LogP contribution is -2.60. The number of rotatable bonds is 4. The minimum absolute atomic E-state index is 0.0320. The van der Waals surface area contributed by atoms with Crippen LogP contribution in [0.4, 0.5) is 5.69 Å². The SMILES string of the molecule is CC1(C)CN(CC(=O)N2C[C@@H]3C[C@H]2CO3)[C@H](C(=O)Nc2cc(Cl)cc3c2[nH]c2cnccc23)CO1. The number of pyridine rings is 1. The third-order valence-electron chi connectivity index (χ3n) is 7.25. The molecule has 3 saturated heterocycles. The van der Waals surface area contributed by atoms with Gasteiger partial charge in [-0.3, -0.25) is 19.5 Å². The summed E-state index contributed by atoms with van der Waals surface area (Å²) in [6.45, 7) is 6.01. The molecule has 9 nitrogen and oxygen atoms in total. The maximum atomic E-state index is 13.5. The van der Waals surface area contributed by atoms with E-state index in [1.165, 1.54) is 0 Å². The van der Waals surface area contributed by atoms with Gasteiger partial charge in [-0.2, -0.15) is 0 Å². The minimum Gasteiger partial charge on any atom is -0.374 e. The van der Waals surface area contributed by atoms with Crippen molar-refractivity contribution in [2.45, 2.75) is 44.1 Å². The van der Waals surface area contributed by atoms with E-state index in [0.29, 0.717) is 30.4 Å². The zero-order valence-electron chi connectivity index (χ0n) is 19.7. The second kappa shape index (κ2) is 8.44. The third kappa shape index (κ3) is 4.16. The lowest BCUT2D eigenvalue weighted by atomic mass is 10.0. The monoisotopic (exact) mass is 497 g/mol. The molecule has 0 unspecified atom stereocenters. The Hall–Kier alpha value is -2.72. The number of aromatic nitrogens is 2. The molecule has 3 aliphatic heterocycles. The van der Waals surface area contributed by atoms with Crippen molar-refractivity contribution < 1.29 is 19.1 Å². The molecular weight excluding hydrogens is 470 g/mol. The van der Waals surface area contributed by atoms with Crippen LogP contribution in [-0.4, -0.2) is 88.2 Å². The number of likely N-dealkylation sites (tertiary alicyclic amines) is 1. The number of hydrogen-bond donors (Lipinski definition) is 2. The van der Waals surface area contributed by atoms with E-state index in [1.807, 2.05) is 35.8 Å². The van der Waals surface area contributed by atoms with Crippen molar-refractivity contribution in [3.8, 4) is 0 Å². The average molecular weight is 498 g/mol. The van der Waals surface area contributed by atoms with E-state index >= 15 is 0 Å². The molecule has 3 aliphatic rings. The fourth-order valence-electron chi connectivity index (χ4n) is 5.56. The highest BCUT2D eigenvalue weighted by Crippen LogP contribution is 2.34. The first-order chi connectivity index (χ1) is 16.8. The van der Waals surface area contributed by atoms with Crippen LogP contribution in [-0.2, 0) is 19.1 Å². The smallest absolute Gasteiger partial charge is 0.244 e. The molecule has 3 aromatic rings. The van der Waals surface area contributed by atoms with Crippen LogP contribution in [0.1, 0.15) is 20.3 Å². The fourth-order valence-corrected chi connectivity index (χ4v) is 5.78. The molecule has 2 bridgehead atoms. The maximum Gasteiger partial charge on any atom is 0.244 e. The number of morpholine rings is 2. The summed E-state index contributed by atoms with van der Waals surface area (Å²) in [5.74, 6) is -0.204. The van der Waals surface area contributed by atoms with E-state index < -0.39 is 11.6 Å². The standard InChI is InChI=1S/C25H28ClN5O4/c1-25(2)13-30(10-22(32)31-9-16-7-15(31)11-34-16)21(12-35-25)24(33)29-19-6-14(26)5-18-17-3-4-27-8-20(17)28-23(18)19/h3-6,8,15-16,21,28H,7,9-13H2,1-2H3,(H,29,33)/t15-,16-,21-/m0/s1. The number of amides is 2. The molecule has 2 aromatic heterocycles. The summed E-state index contributed by atoms with van der Waals surface area (Å²) in [5, 5.41) is 5.45. The topological polar surface area (TPSA) is 99.8 Å². The van der Waals surface area contributed by atoms with Crippen LogP contribution >= 0.6 is 11.6 Å². The van der Waals surface area contributed by atoms with Gasteiger partial charge in [0.15, 0.2) is 0 Å². The molecule has 2 N–H and O–H groups in total. The first-order valence-electron chi connectivity index (χ1n) is 11.9. The first-order valence-corrected chi connectivity index (χ1v) is 12.3. The minimum atomic E-state index is -0.608. The van der Waals surface area contributed by atoms with Gasteiger partial charge in [-0.15, -0.1) is 0 Å². The van der Waals surface area contributed by atoms with Gasteiger partial charge in [-0.05, 0) is 38.5 Å². The van der Waals surface area contributed by atoms with Gasteiger partial charge in [0.05, 0.1) is 60.4 Å². The molecule has 35 heavy (non-hydrogen) atoms. The first kappa shape index (κ1) is 22.7. The predicted molar refractivity (Wildman–Crippen MR) is 132 cm³/mol. The average Bonchev–Trinajstić information content (AvgIpc) is 3.53. The van der Waals surface area contributed by atoms with Gasteiger partial charge in [0.1, 0.15) is 6.04 Å². The van der Waals surface area contributed by atoms with E-state index in [0.717, 1.165) is 28.2 Å². The number of carbonyl (C=O) groups excluding carboxylic acids is 2. The Kier molecular flexibility index (Phi) is 5.48. The van der Waals surface area contributed by atoms with Crippen molar-refractivity contribution in [1.29, 1.82) is 0 Å². The number of benzene rings is 1. The Morgan fingerprint density at radius 1 is 1.29 bits per heavy atom. The highest BCUT2D eigenvalue weighted by Gasteiger charge is 2.44. The second-order valence-corrected chi connectivity index (χ2v) is 10.7. The van der Waals surface area contributed by atoms with Gasteiger partial charge >= 0.3 is 0 Å². The van der Waals surface area contributed by atoms with Crippen molar-refractivity contribution in [2.75, 3.05) is 38.2 Å². The summed E-state index contributed by atoms with van der Waals surface area (Å²) in [5.41, 5.74) is 1.76. The van der Waals surface area contributed by atoms with Gasteiger partial charge < -0.3 is 24.7 Å². The Balaban J connectivity index is 1.25. The van der Waals surface area contributed by atoms with Gasteiger partial charge in [0.25, 0.3) is 0 Å². The van der Waals surface area contributed by atoms with Crippen LogP contribution in [0.25, 0.3) is 21.8 Å². The highest BCUT2D eigenvalue weighted by molar-refractivity contribution is 6.33. The summed E-state index contributed by atoms with van der Waals surface area (Å²) in [7, 11) is 0. The van der Waals surface area contributed by atoms with Gasteiger partial charge in [0, 0.05) is 35.1 Å². The Bertz CT molecular complexity index is 1320. The van der Waals surface area contributed by atoms with Crippen molar-refractivity contribution in [3.63, 3.8) is 0 Å². The molecule has 3 atom stereocenters. The lowest BCUT2D eigenvalue weighted by molar-refractivity contribution is -0.152. The number of nitrogens with zero attached hydrogens (tertiary/aromatic N) is 3. The molecule has 5 heterocycles. The lowest BCUT2D eigenvalue weighted by Gasteiger charge is -2.43. The summed E-state index contributed by atoms with van der Waals surface area (Å²) in [4.78, 5) is 38.1.